The number of rotatable bonds is 4. The quantitative estimate of drug-likeness (QED) is 0.724. The van der Waals surface area contributed by atoms with E-state index in [0.717, 1.165) is 11.3 Å². The second-order valence-electron chi connectivity index (χ2n) is 5.07. The van der Waals surface area contributed by atoms with E-state index in [1.165, 1.54) is 22.7 Å². The summed E-state index contributed by atoms with van der Waals surface area (Å²) in [5, 5.41) is 0. The van der Waals surface area contributed by atoms with Crippen LogP contribution in [0, 0.1) is 0 Å². The van der Waals surface area contributed by atoms with Crippen molar-refractivity contribution in [3.05, 3.63) is 42.7 Å². The first kappa shape index (κ1) is 16.8. The zero-order valence-corrected chi connectivity index (χ0v) is 15.1. The Bertz CT molecular complexity index is 728. The lowest BCUT2D eigenvalue weighted by atomic mass is 10.2. The molecule has 0 radical (unpaired) electrons. The Morgan fingerprint density at radius 3 is 2.57 bits per heavy atom. The molecule has 23 heavy (non-hydrogen) atoms. The van der Waals surface area contributed by atoms with Crippen LogP contribution in [-0.4, -0.2) is 29.4 Å². The molecule has 122 valence electrons. The highest BCUT2D eigenvalue weighted by molar-refractivity contribution is 7.18. The number of hydrogen-bond donors (Lipinski definition) is 0. The fraction of sp³-hybridized carbons (Fsp3) is 0.333. The van der Waals surface area contributed by atoms with Gasteiger partial charge in [0, 0.05) is 11.4 Å². The molecule has 0 saturated carbocycles. The molecule has 1 fully saturated rings. The topological polar surface area (TPSA) is 46.6 Å². The highest BCUT2D eigenvalue weighted by Crippen LogP contribution is 2.27. The van der Waals surface area contributed by atoms with Crippen molar-refractivity contribution in [1.82, 2.24) is 4.90 Å². The zero-order valence-electron chi connectivity index (χ0n) is 12.0. The number of carbonyl (C=O) groups excluding carboxylic acids is 2. The summed E-state index contributed by atoms with van der Waals surface area (Å²) in [6.07, 6.45) is 1.41. The molecule has 1 atom stereocenters. The van der Waals surface area contributed by atoms with Gasteiger partial charge in [0.1, 0.15) is 12.6 Å². The Labute approximate surface area is 151 Å². The molecule has 2 aromatic heterocycles. The minimum atomic E-state index is -0.529. The van der Waals surface area contributed by atoms with Crippen LogP contribution in [0.15, 0.2) is 24.3 Å². The number of likely N-dealkylation sites (tertiary alicyclic amines) is 1. The minimum Gasteiger partial charge on any atom is -0.458 e. The van der Waals surface area contributed by atoms with Crippen LogP contribution in [0.25, 0.3) is 0 Å². The lowest BCUT2D eigenvalue weighted by Crippen LogP contribution is -2.41. The minimum absolute atomic E-state index is 0.166. The van der Waals surface area contributed by atoms with Gasteiger partial charge < -0.3 is 9.64 Å². The van der Waals surface area contributed by atoms with Gasteiger partial charge in [0.2, 0.25) is 0 Å². The normalized spacial score (nSPS) is 17.5. The van der Waals surface area contributed by atoms with Crippen molar-refractivity contribution in [1.29, 1.82) is 0 Å². The van der Waals surface area contributed by atoms with Crippen molar-refractivity contribution in [3.8, 4) is 0 Å². The number of thiophene rings is 2. The van der Waals surface area contributed by atoms with Crippen molar-refractivity contribution < 1.29 is 14.3 Å². The predicted molar refractivity (Wildman–Crippen MR) is 92.5 cm³/mol. The van der Waals surface area contributed by atoms with Gasteiger partial charge in [0.25, 0.3) is 5.91 Å². The van der Waals surface area contributed by atoms with Crippen LogP contribution in [0.4, 0.5) is 0 Å². The fourth-order valence-electron chi connectivity index (χ4n) is 2.49. The average molecular weight is 390 g/mol. The summed E-state index contributed by atoms with van der Waals surface area (Å²) < 4.78 is 6.56. The third-order valence-corrected chi connectivity index (χ3v) is 5.98. The van der Waals surface area contributed by atoms with Crippen molar-refractivity contribution in [2.45, 2.75) is 25.5 Å². The van der Waals surface area contributed by atoms with E-state index in [4.69, 9.17) is 27.9 Å². The number of esters is 1. The molecular formula is C15H13Cl2NO3S2. The third kappa shape index (κ3) is 3.88. The molecule has 1 amide bonds. The van der Waals surface area contributed by atoms with Crippen molar-refractivity contribution in [3.63, 3.8) is 0 Å². The van der Waals surface area contributed by atoms with E-state index < -0.39 is 6.04 Å². The standard InChI is InChI=1S/C15H13Cl2NO3S2/c16-12-5-3-9(22-12)8-21-15(20)10-2-1-7-18(10)14(19)11-4-6-13(17)23-11/h3-6,10H,1-2,7-8H2/t10-/m0/s1. The van der Waals surface area contributed by atoms with E-state index in [1.54, 1.807) is 23.1 Å². The summed E-state index contributed by atoms with van der Waals surface area (Å²) in [6.45, 7) is 0.735. The van der Waals surface area contributed by atoms with Crippen LogP contribution in [0.1, 0.15) is 27.4 Å². The first-order valence-electron chi connectivity index (χ1n) is 7.02. The Kier molecular flexibility index (Phi) is 5.26. The summed E-state index contributed by atoms with van der Waals surface area (Å²) in [7, 11) is 0. The van der Waals surface area contributed by atoms with Crippen molar-refractivity contribution >= 4 is 57.8 Å². The maximum atomic E-state index is 12.5. The van der Waals surface area contributed by atoms with E-state index >= 15 is 0 Å². The van der Waals surface area contributed by atoms with Gasteiger partial charge in [-0.05, 0) is 37.1 Å². The van der Waals surface area contributed by atoms with E-state index in [2.05, 4.69) is 0 Å². The van der Waals surface area contributed by atoms with Crippen LogP contribution in [-0.2, 0) is 16.1 Å². The zero-order chi connectivity index (χ0) is 16.4. The van der Waals surface area contributed by atoms with Gasteiger partial charge in [0.15, 0.2) is 0 Å². The largest absolute Gasteiger partial charge is 0.458 e. The summed E-state index contributed by atoms with van der Waals surface area (Å²) in [4.78, 5) is 27.8. The third-order valence-electron chi connectivity index (χ3n) is 3.56. The predicted octanol–water partition coefficient (Wildman–Crippen LogP) is 4.46. The summed E-state index contributed by atoms with van der Waals surface area (Å²) in [5.74, 6) is -0.538. The molecule has 8 heteroatoms. The lowest BCUT2D eigenvalue weighted by Gasteiger charge is -2.22. The maximum absolute atomic E-state index is 12.5. The van der Waals surface area contributed by atoms with Gasteiger partial charge in [-0.3, -0.25) is 4.79 Å². The Morgan fingerprint density at radius 1 is 1.17 bits per heavy atom. The average Bonchev–Trinajstić information content (AvgIpc) is 3.24. The SMILES string of the molecule is O=C(OCc1ccc(Cl)s1)[C@@H]1CCCN1C(=O)c1ccc(Cl)s1. The van der Waals surface area contributed by atoms with Gasteiger partial charge >= 0.3 is 5.97 Å². The Hall–Kier alpha value is -1.08. The molecule has 0 N–H and O–H groups in total. The smallest absolute Gasteiger partial charge is 0.329 e. The fourth-order valence-corrected chi connectivity index (χ4v) is 4.49. The molecule has 3 rings (SSSR count). The molecule has 1 saturated heterocycles. The number of hydrogen-bond acceptors (Lipinski definition) is 5. The number of carbonyl (C=O) groups is 2. The van der Waals surface area contributed by atoms with Gasteiger partial charge in [-0.25, -0.2) is 4.79 Å². The number of nitrogens with zero attached hydrogens (tertiary/aromatic N) is 1. The van der Waals surface area contributed by atoms with Crippen LogP contribution in [0.5, 0.6) is 0 Å². The van der Waals surface area contributed by atoms with Gasteiger partial charge in [-0.15, -0.1) is 22.7 Å². The summed E-state index contributed by atoms with van der Waals surface area (Å²) >= 11 is 14.3. The molecule has 0 aromatic carbocycles. The molecule has 0 aliphatic carbocycles. The maximum Gasteiger partial charge on any atom is 0.329 e. The highest BCUT2D eigenvalue weighted by Gasteiger charge is 2.36. The van der Waals surface area contributed by atoms with E-state index in [-0.39, 0.29) is 18.5 Å². The molecule has 0 unspecified atom stereocenters. The molecular weight excluding hydrogens is 377 g/mol. The van der Waals surface area contributed by atoms with Crippen molar-refractivity contribution in [2.75, 3.05) is 6.54 Å². The molecule has 4 nitrogen and oxygen atoms in total. The lowest BCUT2D eigenvalue weighted by molar-refractivity contribution is -0.149. The van der Waals surface area contributed by atoms with Crippen LogP contribution >= 0.6 is 45.9 Å². The second kappa shape index (κ2) is 7.21. The van der Waals surface area contributed by atoms with Gasteiger partial charge in [-0.1, -0.05) is 23.2 Å². The molecule has 1 aliphatic rings. The van der Waals surface area contributed by atoms with Crippen LogP contribution in [0.2, 0.25) is 8.67 Å². The van der Waals surface area contributed by atoms with Gasteiger partial charge in [-0.2, -0.15) is 0 Å². The van der Waals surface area contributed by atoms with Crippen LogP contribution in [0.3, 0.4) is 0 Å². The van der Waals surface area contributed by atoms with E-state index in [1.807, 2.05) is 6.07 Å². The highest BCUT2D eigenvalue weighted by atomic mass is 35.5. The summed E-state index contributed by atoms with van der Waals surface area (Å²) in [6, 6.07) is 6.43. The molecule has 3 heterocycles. The van der Waals surface area contributed by atoms with E-state index in [9.17, 15) is 9.59 Å². The number of amides is 1. The molecule has 0 bridgehead atoms. The molecule has 2 aromatic rings. The molecule has 1 aliphatic heterocycles. The van der Waals surface area contributed by atoms with Gasteiger partial charge in [0.05, 0.1) is 13.5 Å². The number of ether oxygens (including phenoxy) is 1. The Morgan fingerprint density at radius 2 is 1.91 bits per heavy atom. The first-order valence-corrected chi connectivity index (χ1v) is 9.40. The molecule has 0 spiro atoms. The van der Waals surface area contributed by atoms with Crippen molar-refractivity contribution in [2.24, 2.45) is 0 Å². The first-order chi connectivity index (χ1) is 11.0. The Balaban J connectivity index is 1.63. The summed E-state index contributed by atoms with van der Waals surface area (Å²) in [5.41, 5.74) is 0. The number of halogens is 2. The van der Waals surface area contributed by atoms with E-state index in [0.29, 0.717) is 26.5 Å². The van der Waals surface area contributed by atoms with Crippen LogP contribution < -0.4 is 0 Å². The second-order valence-corrected chi connectivity index (χ2v) is 8.59. The monoisotopic (exact) mass is 389 g/mol.